The molecule has 0 aromatic rings. The fourth-order valence-corrected chi connectivity index (χ4v) is 2.52. The van der Waals surface area contributed by atoms with Gasteiger partial charge in [-0.1, -0.05) is 0 Å². The summed E-state index contributed by atoms with van der Waals surface area (Å²) in [7, 11) is 0. The highest BCUT2D eigenvalue weighted by atomic mass is 16.5. The van der Waals surface area contributed by atoms with Crippen LogP contribution in [0.5, 0.6) is 0 Å². The monoisotopic (exact) mass is 243 g/mol. The van der Waals surface area contributed by atoms with Crippen LogP contribution in [-0.4, -0.2) is 66.9 Å². The van der Waals surface area contributed by atoms with Gasteiger partial charge in [-0.25, -0.2) is 0 Å². The average Bonchev–Trinajstić information content (AvgIpc) is 2.29. The third-order valence-electron chi connectivity index (χ3n) is 3.60. The topological polar surface area (TPSA) is 87.8 Å². The van der Waals surface area contributed by atoms with Gasteiger partial charge in [-0.15, -0.1) is 0 Å². The molecule has 2 saturated heterocycles. The second-order valence-corrected chi connectivity index (χ2v) is 4.94. The molecule has 2 aliphatic heterocycles. The van der Waals surface area contributed by atoms with Crippen molar-refractivity contribution in [2.24, 2.45) is 5.73 Å². The lowest BCUT2D eigenvalue weighted by molar-refractivity contribution is -0.133. The van der Waals surface area contributed by atoms with Gasteiger partial charge in [0.05, 0.1) is 18.8 Å². The van der Waals surface area contributed by atoms with Gasteiger partial charge in [0, 0.05) is 13.1 Å². The number of β-amino-alcohol motifs (C(OH)–C–C–N with tert-alkyl or cyclic N) is 1. The number of carbonyl (C=O) groups is 1. The van der Waals surface area contributed by atoms with Crippen molar-refractivity contribution in [1.82, 2.24) is 10.2 Å². The van der Waals surface area contributed by atoms with Crippen LogP contribution in [0.4, 0.5) is 0 Å². The summed E-state index contributed by atoms with van der Waals surface area (Å²) in [4.78, 5) is 13.3. The van der Waals surface area contributed by atoms with Crippen molar-refractivity contribution in [1.29, 1.82) is 0 Å². The van der Waals surface area contributed by atoms with E-state index in [1.807, 2.05) is 4.90 Å². The van der Waals surface area contributed by atoms with Gasteiger partial charge in [0.25, 0.3) is 0 Å². The molecule has 1 amide bonds. The van der Waals surface area contributed by atoms with E-state index in [4.69, 9.17) is 10.5 Å². The van der Waals surface area contributed by atoms with Crippen molar-refractivity contribution in [3.8, 4) is 0 Å². The SMILES string of the molecule is NC(=O)C1COCCN1CC1(O)CCNCC1. The molecule has 6 nitrogen and oxygen atoms in total. The lowest BCUT2D eigenvalue weighted by Crippen LogP contribution is -2.58. The number of morpholine rings is 1. The highest BCUT2D eigenvalue weighted by Gasteiger charge is 2.36. The second kappa shape index (κ2) is 5.30. The van der Waals surface area contributed by atoms with E-state index >= 15 is 0 Å². The average molecular weight is 243 g/mol. The molecule has 17 heavy (non-hydrogen) atoms. The minimum Gasteiger partial charge on any atom is -0.388 e. The zero-order valence-corrected chi connectivity index (χ0v) is 10.0. The van der Waals surface area contributed by atoms with Crippen LogP contribution < -0.4 is 11.1 Å². The summed E-state index contributed by atoms with van der Waals surface area (Å²) in [6.45, 7) is 3.74. The van der Waals surface area contributed by atoms with Gasteiger partial charge in [-0.05, 0) is 25.9 Å². The first-order chi connectivity index (χ1) is 8.11. The Morgan fingerprint density at radius 1 is 1.53 bits per heavy atom. The third-order valence-corrected chi connectivity index (χ3v) is 3.60. The first kappa shape index (κ1) is 12.8. The Hall–Kier alpha value is -0.690. The maximum absolute atomic E-state index is 11.3. The first-order valence-corrected chi connectivity index (χ1v) is 6.15. The molecule has 1 unspecified atom stereocenters. The Morgan fingerprint density at radius 3 is 2.88 bits per heavy atom. The fourth-order valence-electron chi connectivity index (χ4n) is 2.52. The number of rotatable bonds is 3. The van der Waals surface area contributed by atoms with Crippen LogP contribution in [0.15, 0.2) is 0 Å². The van der Waals surface area contributed by atoms with E-state index in [0.717, 1.165) is 25.9 Å². The summed E-state index contributed by atoms with van der Waals surface area (Å²) in [6, 6.07) is -0.400. The lowest BCUT2D eigenvalue weighted by Gasteiger charge is -2.41. The number of amides is 1. The van der Waals surface area contributed by atoms with E-state index in [2.05, 4.69) is 5.32 Å². The van der Waals surface area contributed by atoms with Crippen molar-refractivity contribution in [2.75, 3.05) is 39.4 Å². The van der Waals surface area contributed by atoms with E-state index in [9.17, 15) is 9.90 Å². The molecule has 0 aromatic carbocycles. The van der Waals surface area contributed by atoms with Gasteiger partial charge < -0.3 is 20.9 Å². The number of nitrogens with two attached hydrogens (primary N) is 1. The Balaban J connectivity index is 1.97. The predicted octanol–water partition coefficient (Wildman–Crippen LogP) is -1.71. The smallest absolute Gasteiger partial charge is 0.237 e. The van der Waals surface area contributed by atoms with Crippen molar-refractivity contribution in [2.45, 2.75) is 24.5 Å². The molecule has 2 rings (SSSR count). The number of primary amides is 1. The van der Waals surface area contributed by atoms with Crippen LogP contribution in [0, 0.1) is 0 Å². The Kier molecular flexibility index (Phi) is 3.98. The van der Waals surface area contributed by atoms with Gasteiger partial charge in [0.1, 0.15) is 6.04 Å². The van der Waals surface area contributed by atoms with Gasteiger partial charge in [-0.3, -0.25) is 9.69 Å². The van der Waals surface area contributed by atoms with Gasteiger partial charge >= 0.3 is 0 Å². The van der Waals surface area contributed by atoms with Crippen LogP contribution >= 0.6 is 0 Å². The Labute approximate surface area is 101 Å². The maximum atomic E-state index is 11.3. The fraction of sp³-hybridized carbons (Fsp3) is 0.909. The molecule has 0 aliphatic carbocycles. The second-order valence-electron chi connectivity index (χ2n) is 4.94. The number of aliphatic hydroxyl groups is 1. The van der Waals surface area contributed by atoms with E-state index in [1.54, 1.807) is 0 Å². The molecular formula is C11H21N3O3. The van der Waals surface area contributed by atoms with E-state index in [-0.39, 0.29) is 5.91 Å². The number of piperidine rings is 1. The molecule has 0 aromatic heterocycles. The highest BCUT2D eigenvalue weighted by Crippen LogP contribution is 2.21. The molecular weight excluding hydrogens is 222 g/mol. The number of nitrogens with one attached hydrogen (secondary N) is 1. The summed E-state index contributed by atoms with van der Waals surface area (Å²) in [6.07, 6.45) is 1.44. The summed E-state index contributed by atoms with van der Waals surface area (Å²) in [5, 5.41) is 13.7. The highest BCUT2D eigenvalue weighted by molar-refractivity contribution is 5.80. The van der Waals surface area contributed by atoms with Gasteiger partial charge in [-0.2, -0.15) is 0 Å². The number of ether oxygens (including phenoxy) is 1. The van der Waals surface area contributed by atoms with E-state index in [0.29, 0.717) is 26.3 Å². The van der Waals surface area contributed by atoms with Crippen LogP contribution in [0.1, 0.15) is 12.8 Å². The van der Waals surface area contributed by atoms with Crippen molar-refractivity contribution < 1.29 is 14.6 Å². The molecule has 2 heterocycles. The number of hydrogen-bond donors (Lipinski definition) is 3. The van der Waals surface area contributed by atoms with Crippen LogP contribution in [-0.2, 0) is 9.53 Å². The van der Waals surface area contributed by atoms with Crippen molar-refractivity contribution in [3.63, 3.8) is 0 Å². The summed E-state index contributed by atoms with van der Waals surface area (Å²) in [5.41, 5.74) is 4.65. The zero-order chi connectivity index (χ0) is 12.3. The molecule has 0 spiro atoms. The largest absolute Gasteiger partial charge is 0.388 e. The summed E-state index contributed by atoms with van der Waals surface area (Å²) in [5.74, 6) is -0.373. The van der Waals surface area contributed by atoms with E-state index < -0.39 is 11.6 Å². The minimum absolute atomic E-state index is 0.337. The maximum Gasteiger partial charge on any atom is 0.237 e. The molecule has 6 heteroatoms. The van der Waals surface area contributed by atoms with E-state index in [1.165, 1.54) is 0 Å². The lowest BCUT2D eigenvalue weighted by atomic mass is 9.91. The molecule has 0 bridgehead atoms. The van der Waals surface area contributed by atoms with Crippen LogP contribution in [0.2, 0.25) is 0 Å². The Morgan fingerprint density at radius 2 is 2.24 bits per heavy atom. The van der Waals surface area contributed by atoms with Crippen molar-refractivity contribution >= 4 is 5.91 Å². The summed E-state index contributed by atoms with van der Waals surface area (Å²) >= 11 is 0. The van der Waals surface area contributed by atoms with Gasteiger partial charge in [0.15, 0.2) is 0 Å². The predicted molar refractivity (Wildman–Crippen MR) is 62.4 cm³/mol. The molecule has 98 valence electrons. The quantitative estimate of drug-likeness (QED) is 0.549. The molecule has 4 N–H and O–H groups in total. The molecule has 1 atom stereocenters. The molecule has 0 radical (unpaired) electrons. The normalized spacial score (nSPS) is 30.1. The molecule has 2 fully saturated rings. The standard InChI is InChI=1S/C11H21N3O3/c12-10(15)9-7-17-6-5-14(9)8-11(16)1-3-13-4-2-11/h9,13,16H,1-8H2,(H2,12,15). The molecule has 2 aliphatic rings. The Bertz CT molecular complexity index is 279. The minimum atomic E-state index is -0.698. The first-order valence-electron chi connectivity index (χ1n) is 6.15. The third kappa shape index (κ3) is 3.16. The van der Waals surface area contributed by atoms with Crippen LogP contribution in [0.25, 0.3) is 0 Å². The zero-order valence-electron chi connectivity index (χ0n) is 10.0. The van der Waals surface area contributed by atoms with Crippen molar-refractivity contribution in [3.05, 3.63) is 0 Å². The van der Waals surface area contributed by atoms with Crippen LogP contribution in [0.3, 0.4) is 0 Å². The number of nitrogens with zero attached hydrogens (tertiary/aromatic N) is 1. The van der Waals surface area contributed by atoms with Gasteiger partial charge in [0.2, 0.25) is 5.91 Å². The number of hydrogen-bond acceptors (Lipinski definition) is 5. The molecule has 0 saturated carbocycles. The summed E-state index contributed by atoms with van der Waals surface area (Å²) < 4.78 is 5.26. The number of carbonyl (C=O) groups excluding carboxylic acids is 1.